The van der Waals surface area contributed by atoms with Gasteiger partial charge in [-0.25, -0.2) is 0 Å². The van der Waals surface area contributed by atoms with Crippen molar-refractivity contribution in [1.29, 1.82) is 0 Å². The first kappa shape index (κ1) is 10.3. The predicted octanol–water partition coefficient (Wildman–Crippen LogP) is 3.00. The van der Waals surface area contributed by atoms with Crippen molar-refractivity contribution in [3.8, 4) is 0 Å². The minimum Gasteiger partial charge on any atom is -0.279 e. The van der Waals surface area contributed by atoms with Gasteiger partial charge in [-0.1, -0.05) is 6.08 Å². The molecule has 2 nitrogen and oxygen atoms in total. The van der Waals surface area contributed by atoms with Crippen molar-refractivity contribution in [2.24, 2.45) is 16.8 Å². The van der Waals surface area contributed by atoms with E-state index < -0.39 is 0 Å². The molecule has 2 heteroatoms. The first-order valence-corrected chi connectivity index (χ1v) is 7.40. The van der Waals surface area contributed by atoms with E-state index in [0.717, 1.165) is 11.8 Å². The van der Waals surface area contributed by atoms with E-state index in [1.54, 1.807) is 0 Å². The Morgan fingerprint density at radius 3 is 3.18 bits per heavy atom. The van der Waals surface area contributed by atoms with Crippen molar-refractivity contribution in [1.82, 2.24) is 4.90 Å². The summed E-state index contributed by atoms with van der Waals surface area (Å²) in [6.07, 6.45) is 14.2. The molecule has 1 saturated carbocycles. The topological polar surface area (TPSA) is 15.6 Å². The van der Waals surface area contributed by atoms with Gasteiger partial charge in [-0.05, 0) is 56.9 Å². The van der Waals surface area contributed by atoms with E-state index in [1.165, 1.54) is 63.7 Å². The van der Waals surface area contributed by atoms with E-state index in [4.69, 9.17) is 4.99 Å². The number of hydrogen-bond donors (Lipinski definition) is 0. The molecule has 0 aromatic carbocycles. The zero-order valence-electron chi connectivity index (χ0n) is 10.6. The number of aliphatic imine (C=N–C) groups is 1. The van der Waals surface area contributed by atoms with Gasteiger partial charge in [0.25, 0.3) is 0 Å². The molecule has 2 heterocycles. The summed E-state index contributed by atoms with van der Waals surface area (Å²) in [5, 5.41) is 0. The number of hydrogen-bond acceptors (Lipinski definition) is 2. The lowest BCUT2D eigenvalue weighted by Gasteiger charge is -2.51. The first-order valence-electron chi connectivity index (χ1n) is 7.40. The Labute approximate surface area is 104 Å². The highest BCUT2D eigenvalue weighted by Crippen LogP contribution is 2.49. The van der Waals surface area contributed by atoms with Crippen LogP contribution in [0, 0.1) is 11.8 Å². The summed E-state index contributed by atoms with van der Waals surface area (Å²) in [6, 6.07) is 0. The molecule has 4 rings (SSSR count). The Balaban J connectivity index is 1.78. The number of piperidine rings is 1. The van der Waals surface area contributed by atoms with Gasteiger partial charge in [0.2, 0.25) is 0 Å². The number of fused-ring (bicyclic) bond motifs is 1. The summed E-state index contributed by atoms with van der Waals surface area (Å²) < 4.78 is 0. The monoisotopic (exact) mass is 230 g/mol. The number of nitrogens with zero attached hydrogens (tertiary/aromatic N) is 2. The van der Waals surface area contributed by atoms with Gasteiger partial charge in [-0.2, -0.15) is 0 Å². The van der Waals surface area contributed by atoms with E-state index in [0.29, 0.717) is 0 Å². The molecule has 2 aliphatic carbocycles. The Kier molecular flexibility index (Phi) is 2.23. The second kappa shape index (κ2) is 3.68. The fourth-order valence-electron chi connectivity index (χ4n) is 4.61. The second-order valence-electron chi connectivity index (χ2n) is 6.27. The lowest BCUT2D eigenvalue weighted by Crippen LogP contribution is -2.59. The van der Waals surface area contributed by atoms with Gasteiger partial charge in [0, 0.05) is 24.7 Å². The van der Waals surface area contributed by atoms with Crippen LogP contribution in [0.15, 0.2) is 17.1 Å². The van der Waals surface area contributed by atoms with Gasteiger partial charge in [0.05, 0.1) is 0 Å². The molecule has 3 atom stereocenters. The number of rotatable bonds is 0. The van der Waals surface area contributed by atoms with Crippen molar-refractivity contribution in [3.05, 3.63) is 12.2 Å². The van der Waals surface area contributed by atoms with Crippen molar-refractivity contribution >= 4 is 5.71 Å². The molecule has 0 aromatic heterocycles. The van der Waals surface area contributed by atoms with Gasteiger partial charge in [-0.15, -0.1) is 0 Å². The maximum Gasteiger partial charge on any atom is 0.116 e. The molecular weight excluding hydrogens is 208 g/mol. The maximum atomic E-state index is 5.28. The van der Waals surface area contributed by atoms with Crippen LogP contribution in [0.1, 0.15) is 44.9 Å². The van der Waals surface area contributed by atoms with Gasteiger partial charge in [0.15, 0.2) is 0 Å². The van der Waals surface area contributed by atoms with Gasteiger partial charge < -0.3 is 0 Å². The molecular formula is C15H22N2. The normalized spacial score (nSPS) is 44.8. The molecule has 92 valence electrons. The fourth-order valence-corrected chi connectivity index (χ4v) is 4.61. The van der Waals surface area contributed by atoms with Crippen molar-refractivity contribution < 1.29 is 0 Å². The highest BCUT2D eigenvalue weighted by atomic mass is 15.3. The summed E-state index contributed by atoms with van der Waals surface area (Å²) in [5.74, 6) is 1.60. The van der Waals surface area contributed by atoms with Crippen LogP contribution >= 0.6 is 0 Å². The summed E-state index contributed by atoms with van der Waals surface area (Å²) in [6.45, 7) is 2.59. The van der Waals surface area contributed by atoms with Crippen LogP contribution in [0.4, 0.5) is 0 Å². The Morgan fingerprint density at radius 1 is 1.24 bits per heavy atom. The SMILES string of the molecule is C1=CC2=NC34CCCC3CCCN4CC2CC1. The zero-order valence-corrected chi connectivity index (χ0v) is 10.6. The van der Waals surface area contributed by atoms with E-state index in [-0.39, 0.29) is 5.66 Å². The van der Waals surface area contributed by atoms with E-state index >= 15 is 0 Å². The molecule has 0 N–H and O–H groups in total. The van der Waals surface area contributed by atoms with Crippen molar-refractivity contribution in [3.63, 3.8) is 0 Å². The smallest absolute Gasteiger partial charge is 0.116 e. The standard InChI is InChI=1S/C15H22N2/c1-2-8-14-12(5-1)11-17-10-4-7-13-6-3-9-15(13,17)16-14/h2,8,12-13H,1,3-7,9-11H2. The molecule has 0 bridgehead atoms. The molecule has 2 aliphatic heterocycles. The largest absolute Gasteiger partial charge is 0.279 e. The maximum absolute atomic E-state index is 5.28. The minimum absolute atomic E-state index is 0.242. The van der Waals surface area contributed by atoms with Crippen LogP contribution in [-0.4, -0.2) is 29.4 Å². The Hall–Kier alpha value is -0.630. The summed E-state index contributed by atoms with van der Waals surface area (Å²) in [5.41, 5.74) is 1.67. The average molecular weight is 230 g/mol. The van der Waals surface area contributed by atoms with Crippen LogP contribution in [0.25, 0.3) is 0 Å². The Bertz CT molecular complexity index is 384. The number of allylic oxidation sites excluding steroid dienone is 2. The van der Waals surface area contributed by atoms with Crippen LogP contribution in [0.3, 0.4) is 0 Å². The van der Waals surface area contributed by atoms with Crippen molar-refractivity contribution in [2.45, 2.75) is 50.6 Å². The molecule has 1 spiro atoms. The van der Waals surface area contributed by atoms with E-state index in [2.05, 4.69) is 17.1 Å². The quantitative estimate of drug-likeness (QED) is 0.624. The highest BCUT2D eigenvalue weighted by molar-refractivity contribution is 5.98. The molecule has 0 amide bonds. The van der Waals surface area contributed by atoms with Crippen LogP contribution in [0.2, 0.25) is 0 Å². The van der Waals surface area contributed by atoms with Crippen LogP contribution in [-0.2, 0) is 0 Å². The lowest BCUT2D eigenvalue weighted by atomic mass is 9.80. The van der Waals surface area contributed by atoms with E-state index in [1.807, 2.05) is 0 Å². The van der Waals surface area contributed by atoms with Crippen LogP contribution < -0.4 is 0 Å². The first-order chi connectivity index (χ1) is 8.38. The molecule has 17 heavy (non-hydrogen) atoms. The third kappa shape index (κ3) is 1.40. The zero-order chi connectivity index (χ0) is 11.3. The molecule has 4 aliphatic rings. The average Bonchev–Trinajstić information content (AvgIpc) is 2.77. The van der Waals surface area contributed by atoms with Gasteiger partial charge >= 0.3 is 0 Å². The van der Waals surface area contributed by atoms with Crippen molar-refractivity contribution in [2.75, 3.05) is 13.1 Å². The van der Waals surface area contributed by atoms with E-state index in [9.17, 15) is 0 Å². The Morgan fingerprint density at radius 2 is 2.18 bits per heavy atom. The van der Waals surface area contributed by atoms with Gasteiger partial charge in [-0.3, -0.25) is 9.89 Å². The third-order valence-electron chi connectivity index (χ3n) is 5.43. The minimum atomic E-state index is 0.242. The molecule has 2 fully saturated rings. The molecule has 0 aromatic rings. The lowest BCUT2D eigenvalue weighted by molar-refractivity contribution is 0.00420. The highest BCUT2D eigenvalue weighted by Gasteiger charge is 2.51. The summed E-state index contributed by atoms with van der Waals surface area (Å²) in [7, 11) is 0. The molecule has 3 unspecified atom stereocenters. The molecule has 1 saturated heterocycles. The van der Waals surface area contributed by atoms with Crippen LogP contribution in [0.5, 0.6) is 0 Å². The van der Waals surface area contributed by atoms with Gasteiger partial charge in [0.1, 0.15) is 5.66 Å². The summed E-state index contributed by atoms with van der Waals surface area (Å²) in [4.78, 5) is 8.03. The third-order valence-corrected chi connectivity index (χ3v) is 5.43. The second-order valence-corrected chi connectivity index (χ2v) is 6.27. The fraction of sp³-hybridized carbons (Fsp3) is 0.800. The summed E-state index contributed by atoms with van der Waals surface area (Å²) >= 11 is 0. The predicted molar refractivity (Wildman–Crippen MR) is 70.2 cm³/mol. The molecule has 0 radical (unpaired) electrons.